The summed E-state index contributed by atoms with van der Waals surface area (Å²) in [5.74, 6) is -0.430. The molecule has 0 fully saturated rings. The predicted octanol–water partition coefficient (Wildman–Crippen LogP) is 2.04. The molecule has 1 aromatic rings. The fourth-order valence-corrected chi connectivity index (χ4v) is 1.57. The lowest BCUT2D eigenvalue weighted by atomic mass is 10.2. The van der Waals surface area contributed by atoms with Crippen LogP contribution in [0.25, 0.3) is 0 Å². The second-order valence-corrected chi connectivity index (χ2v) is 3.92. The van der Waals surface area contributed by atoms with E-state index in [4.69, 9.17) is 4.74 Å². The molecule has 0 saturated carbocycles. The Morgan fingerprint density at radius 3 is 2.93 bits per heavy atom. The monoisotopic (exact) mass is 319 g/mol. The van der Waals surface area contributed by atoms with Crippen molar-refractivity contribution in [3.63, 3.8) is 0 Å². The molecular formula is C10H10INO3. The van der Waals surface area contributed by atoms with Crippen LogP contribution in [0.15, 0.2) is 18.2 Å². The molecule has 4 nitrogen and oxygen atoms in total. The maximum Gasteiger partial charge on any atom is 0.340 e. The lowest BCUT2D eigenvalue weighted by Gasteiger charge is -2.07. The van der Waals surface area contributed by atoms with Crippen LogP contribution >= 0.6 is 22.6 Å². The SMILES string of the molecule is CCOC(=O)c1cc(I)ccc1NC=O. The van der Waals surface area contributed by atoms with Crippen molar-refractivity contribution in [2.24, 2.45) is 0 Å². The van der Waals surface area contributed by atoms with E-state index in [2.05, 4.69) is 27.9 Å². The molecule has 1 N–H and O–H groups in total. The van der Waals surface area contributed by atoms with Crippen LogP contribution in [0.4, 0.5) is 5.69 Å². The highest BCUT2D eigenvalue weighted by Crippen LogP contribution is 2.19. The molecule has 0 aromatic heterocycles. The van der Waals surface area contributed by atoms with Crippen LogP contribution in [-0.2, 0) is 9.53 Å². The minimum atomic E-state index is -0.430. The third-order valence-electron chi connectivity index (χ3n) is 1.69. The molecule has 1 rings (SSSR count). The van der Waals surface area contributed by atoms with Crippen molar-refractivity contribution in [1.82, 2.24) is 0 Å². The summed E-state index contributed by atoms with van der Waals surface area (Å²) in [6.07, 6.45) is 0.533. The Balaban J connectivity index is 3.05. The highest BCUT2D eigenvalue weighted by atomic mass is 127. The molecule has 0 saturated heterocycles. The Morgan fingerprint density at radius 2 is 2.33 bits per heavy atom. The van der Waals surface area contributed by atoms with Gasteiger partial charge in [-0.2, -0.15) is 0 Å². The normalized spacial score (nSPS) is 9.47. The topological polar surface area (TPSA) is 55.4 Å². The minimum Gasteiger partial charge on any atom is -0.462 e. The number of halogens is 1. The molecule has 5 heteroatoms. The lowest BCUT2D eigenvalue weighted by Crippen LogP contribution is -2.09. The van der Waals surface area contributed by atoms with Gasteiger partial charge in [0.15, 0.2) is 0 Å². The number of esters is 1. The fraction of sp³-hybridized carbons (Fsp3) is 0.200. The third-order valence-corrected chi connectivity index (χ3v) is 2.36. The summed E-state index contributed by atoms with van der Waals surface area (Å²) in [5, 5.41) is 2.46. The second kappa shape index (κ2) is 5.69. The molecule has 0 spiro atoms. The van der Waals surface area contributed by atoms with Crippen molar-refractivity contribution in [2.75, 3.05) is 11.9 Å². The van der Waals surface area contributed by atoms with Crippen molar-refractivity contribution >= 4 is 40.7 Å². The average molecular weight is 319 g/mol. The summed E-state index contributed by atoms with van der Waals surface area (Å²) < 4.78 is 5.78. The first kappa shape index (κ1) is 12.0. The summed E-state index contributed by atoms with van der Waals surface area (Å²) in [7, 11) is 0. The van der Waals surface area contributed by atoms with Crippen LogP contribution in [0, 0.1) is 3.57 Å². The Morgan fingerprint density at radius 1 is 1.60 bits per heavy atom. The molecule has 0 aliphatic carbocycles. The molecule has 0 aliphatic heterocycles. The summed E-state index contributed by atoms with van der Waals surface area (Å²) in [5.41, 5.74) is 0.833. The summed E-state index contributed by atoms with van der Waals surface area (Å²) >= 11 is 2.09. The predicted molar refractivity (Wildman–Crippen MR) is 64.8 cm³/mol. The zero-order chi connectivity index (χ0) is 11.3. The number of amides is 1. The molecule has 0 heterocycles. The van der Waals surface area contributed by atoms with Gasteiger partial charge >= 0.3 is 5.97 Å². The van der Waals surface area contributed by atoms with E-state index in [1.807, 2.05) is 0 Å². The Labute approximate surface area is 101 Å². The standard InChI is InChI=1S/C10H10INO3/c1-2-15-10(14)8-5-7(11)3-4-9(8)12-6-13/h3-6H,2H2,1H3,(H,12,13). The van der Waals surface area contributed by atoms with Crippen molar-refractivity contribution in [3.8, 4) is 0 Å². The minimum absolute atomic E-state index is 0.310. The van der Waals surface area contributed by atoms with E-state index in [1.165, 1.54) is 0 Å². The van der Waals surface area contributed by atoms with Gasteiger partial charge in [0.25, 0.3) is 0 Å². The molecule has 0 atom stereocenters. The fourth-order valence-electron chi connectivity index (χ4n) is 1.08. The van der Waals surface area contributed by atoms with Gasteiger partial charge in [0.2, 0.25) is 6.41 Å². The average Bonchev–Trinajstić information content (AvgIpc) is 2.21. The van der Waals surface area contributed by atoms with E-state index in [1.54, 1.807) is 25.1 Å². The first-order valence-corrected chi connectivity index (χ1v) is 5.43. The molecule has 0 radical (unpaired) electrons. The number of carbonyl (C=O) groups is 2. The molecule has 0 unspecified atom stereocenters. The Bertz CT molecular complexity index is 379. The maximum absolute atomic E-state index is 11.5. The third kappa shape index (κ3) is 3.19. The van der Waals surface area contributed by atoms with Crippen LogP contribution in [0.5, 0.6) is 0 Å². The molecule has 0 aliphatic rings. The second-order valence-electron chi connectivity index (χ2n) is 2.67. The van der Waals surface area contributed by atoms with Crippen molar-refractivity contribution in [2.45, 2.75) is 6.92 Å². The number of rotatable bonds is 4. The van der Waals surface area contributed by atoms with Gasteiger partial charge in [-0.25, -0.2) is 4.79 Å². The van der Waals surface area contributed by atoms with Gasteiger partial charge in [0, 0.05) is 3.57 Å². The summed E-state index contributed by atoms with van der Waals surface area (Å²) in [4.78, 5) is 21.8. The smallest absolute Gasteiger partial charge is 0.340 e. The Hall–Kier alpha value is -1.11. The number of ether oxygens (including phenoxy) is 1. The van der Waals surface area contributed by atoms with E-state index in [9.17, 15) is 9.59 Å². The lowest BCUT2D eigenvalue weighted by molar-refractivity contribution is -0.105. The molecule has 0 bridgehead atoms. The van der Waals surface area contributed by atoms with Gasteiger partial charge in [0.1, 0.15) is 0 Å². The molecule has 1 amide bonds. The number of hydrogen-bond donors (Lipinski definition) is 1. The quantitative estimate of drug-likeness (QED) is 0.525. The number of hydrogen-bond acceptors (Lipinski definition) is 3. The van der Waals surface area contributed by atoms with Crippen LogP contribution in [-0.4, -0.2) is 19.0 Å². The zero-order valence-electron chi connectivity index (χ0n) is 8.12. The first-order valence-electron chi connectivity index (χ1n) is 4.36. The van der Waals surface area contributed by atoms with Gasteiger partial charge in [-0.15, -0.1) is 0 Å². The van der Waals surface area contributed by atoms with Crippen LogP contribution in [0.2, 0.25) is 0 Å². The highest BCUT2D eigenvalue weighted by molar-refractivity contribution is 14.1. The van der Waals surface area contributed by atoms with Gasteiger partial charge in [0.05, 0.1) is 17.9 Å². The number of benzene rings is 1. The van der Waals surface area contributed by atoms with Crippen molar-refractivity contribution in [3.05, 3.63) is 27.3 Å². The molecule has 15 heavy (non-hydrogen) atoms. The largest absolute Gasteiger partial charge is 0.462 e. The van der Waals surface area contributed by atoms with Crippen LogP contribution < -0.4 is 5.32 Å². The van der Waals surface area contributed by atoms with Crippen LogP contribution in [0.1, 0.15) is 17.3 Å². The zero-order valence-corrected chi connectivity index (χ0v) is 10.3. The van der Waals surface area contributed by atoms with E-state index in [-0.39, 0.29) is 0 Å². The number of carbonyl (C=O) groups excluding carboxylic acids is 2. The van der Waals surface area contributed by atoms with E-state index in [0.29, 0.717) is 24.3 Å². The highest BCUT2D eigenvalue weighted by Gasteiger charge is 2.12. The molecule has 80 valence electrons. The number of anilines is 1. The molecular weight excluding hydrogens is 309 g/mol. The van der Waals surface area contributed by atoms with E-state index in [0.717, 1.165) is 3.57 Å². The van der Waals surface area contributed by atoms with E-state index < -0.39 is 5.97 Å². The van der Waals surface area contributed by atoms with E-state index >= 15 is 0 Å². The first-order chi connectivity index (χ1) is 7.19. The maximum atomic E-state index is 11.5. The van der Waals surface area contributed by atoms with Crippen molar-refractivity contribution < 1.29 is 14.3 Å². The Kier molecular flexibility index (Phi) is 4.54. The summed E-state index contributed by atoms with van der Waals surface area (Å²) in [6.45, 7) is 2.05. The van der Waals surface area contributed by atoms with Gasteiger partial charge in [-0.3, -0.25) is 4.79 Å². The molecule has 1 aromatic carbocycles. The van der Waals surface area contributed by atoms with Gasteiger partial charge < -0.3 is 10.1 Å². The number of nitrogens with one attached hydrogen (secondary N) is 1. The van der Waals surface area contributed by atoms with Crippen LogP contribution in [0.3, 0.4) is 0 Å². The van der Waals surface area contributed by atoms with Gasteiger partial charge in [-0.05, 0) is 47.7 Å². The van der Waals surface area contributed by atoms with Gasteiger partial charge in [-0.1, -0.05) is 0 Å². The van der Waals surface area contributed by atoms with Crippen molar-refractivity contribution in [1.29, 1.82) is 0 Å². The summed E-state index contributed by atoms with van der Waals surface area (Å²) in [6, 6.07) is 5.14.